The molecule has 0 saturated carbocycles. The Bertz CT molecular complexity index is 273. The predicted octanol–water partition coefficient (Wildman–Crippen LogP) is 0.442. The number of nitrogens with one attached hydrogen (secondary N) is 2. The van der Waals surface area contributed by atoms with Crippen molar-refractivity contribution in [3.05, 3.63) is 0 Å². The lowest BCUT2D eigenvalue weighted by Crippen LogP contribution is -2.53. The van der Waals surface area contributed by atoms with Gasteiger partial charge >= 0.3 is 5.97 Å². The van der Waals surface area contributed by atoms with Crippen molar-refractivity contribution in [2.45, 2.75) is 45.2 Å². The van der Waals surface area contributed by atoms with Gasteiger partial charge in [0.1, 0.15) is 6.04 Å². The molecule has 0 aromatic rings. The average molecular weight is 242 g/mol. The minimum atomic E-state index is -0.559. The number of esters is 1. The van der Waals surface area contributed by atoms with Crippen LogP contribution >= 0.6 is 0 Å². The Labute approximate surface area is 102 Å². The molecule has 1 aliphatic heterocycles. The van der Waals surface area contributed by atoms with Crippen molar-refractivity contribution in [2.75, 3.05) is 13.7 Å². The maximum absolute atomic E-state index is 12.0. The molecule has 1 aliphatic rings. The van der Waals surface area contributed by atoms with Crippen LogP contribution in [0.1, 0.15) is 33.1 Å². The van der Waals surface area contributed by atoms with E-state index in [9.17, 15) is 9.59 Å². The molecule has 0 aromatic heterocycles. The van der Waals surface area contributed by atoms with E-state index in [2.05, 4.69) is 15.4 Å². The van der Waals surface area contributed by atoms with E-state index < -0.39 is 6.04 Å². The number of methoxy groups -OCH3 is 1. The smallest absolute Gasteiger partial charge is 0.328 e. The number of carbonyl (C=O) groups is 2. The first-order valence-electron chi connectivity index (χ1n) is 6.18. The summed E-state index contributed by atoms with van der Waals surface area (Å²) in [6, 6.07) is -0.731. The first kappa shape index (κ1) is 14.0. The lowest BCUT2D eigenvalue weighted by molar-refractivity contribution is -0.146. The Hall–Kier alpha value is -1.10. The Morgan fingerprint density at radius 3 is 2.53 bits per heavy atom. The molecule has 1 fully saturated rings. The molecule has 17 heavy (non-hydrogen) atoms. The van der Waals surface area contributed by atoms with E-state index in [1.54, 1.807) is 0 Å². The quantitative estimate of drug-likeness (QED) is 0.702. The molecule has 5 nitrogen and oxygen atoms in total. The number of amides is 1. The molecule has 0 bridgehead atoms. The van der Waals surface area contributed by atoms with Gasteiger partial charge in [-0.1, -0.05) is 20.3 Å². The van der Waals surface area contributed by atoms with Crippen molar-refractivity contribution in [1.29, 1.82) is 0 Å². The van der Waals surface area contributed by atoms with Crippen molar-refractivity contribution in [2.24, 2.45) is 5.92 Å². The van der Waals surface area contributed by atoms with Gasteiger partial charge in [-0.3, -0.25) is 4.79 Å². The van der Waals surface area contributed by atoms with Gasteiger partial charge in [0.25, 0.3) is 0 Å². The first-order valence-corrected chi connectivity index (χ1v) is 6.18. The van der Waals surface area contributed by atoms with E-state index in [1.807, 2.05) is 13.8 Å². The van der Waals surface area contributed by atoms with Gasteiger partial charge in [-0.05, 0) is 25.3 Å². The van der Waals surface area contributed by atoms with Crippen molar-refractivity contribution in [3.63, 3.8) is 0 Å². The summed E-state index contributed by atoms with van der Waals surface area (Å²) in [6.07, 6.45) is 2.99. The summed E-state index contributed by atoms with van der Waals surface area (Å²) in [6.45, 7) is 4.63. The fourth-order valence-corrected chi connectivity index (χ4v) is 1.95. The summed E-state index contributed by atoms with van der Waals surface area (Å²) in [4.78, 5) is 23.5. The molecule has 2 N–H and O–H groups in total. The highest BCUT2D eigenvalue weighted by Crippen LogP contribution is 2.09. The molecule has 2 atom stereocenters. The molecular formula is C12H22N2O3. The Morgan fingerprint density at radius 1 is 1.35 bits per heavy atom. The highest BCUT2D eigenvalue weighted by molar-refractivity contribution is 5.87. The first-order chi connectivity index (χ1) is 8.06. The minimum absolute atomic E-state index is 0.0231. The van der Waals surface area contributed by atoms with Gasteiger partial charge in [-0.25, -0.2) is 4.79 Å². The molecule has 0 aliphatic carbocycles. The Morgan fingerprint density at radius 2 is 2.06 bits per heavy atom. The standard InChI is InChI=1S/C12H22N2O3/c1-8(2)10(12(16)17-3)14-11(15)9-6-4-5-7-13-9/h8-10,13H,4-7H2,1-3H3,(H,14,15). The zero-order chi connectivity index (χ0) is 12.8. The van der Waals surface area contributed by atoms with Gasteiger partial charge in [-0.15, -0.1) is 0 Å². The number of rotatable bonds is 4. The lowest BCUT2D eigenvalue weighted by Gasteiger charge is -2.26. The van der Waals surface area contributed by atoms with Gasteiger partial charge < -0.3 is 15.4 Å². The third kappa shape index (κ3) is 4.00. The summed E-state index contributed by atoms with van der Waals surface area (Å²) < 4.78 is 4.69. The third-order valence-corrected chi connectivity index (χ3v) is 3.05. The summed E-state index contributed by atoms with van der Waals surface area (Å²) in [5.74, 6) is -0.465. The van der Waals surface area contributed by atoms with Crippen LogP contribution in [0, 0.1) is 5.92 Å². The maximum Gasteiger partial charge on any atom is 0.328 e. The molecule has 98 valence electrons. The van der Waals surface area contributed by atoms with E-state index in [0.717, 1.165) is 25.8 Å². The van der Waals surface area contributed by atoms with Gasteiger partial charge in [0.2, 0.25) is 5.91 Å². The monoisotopic (exact) mass is 242 g/mol. The zero-order valence-corrected chi connectivity index (χ0v) is 10.8. The molecule has 0 radical (unpaired) electrons. The highest BCUT2D eigenvalue weighted by atomic mass is 16.5. The second kappa shape index (κ2) is 6.59. The van der Waals surface area contributed by atoms with E-state index in [4.69, 9.17) is 0 Å². The largest absolute Gasteiger partial charge is 0.467 e. The molecule has 5 heteroatoms. The van der Waals surface area contributed by atoms with Gasteiger partial charge in [0.15, 0.2) is 0 Å². The van der Waals surface area contributed by atoms with E-state index >= 15 is 0 Å². The zero-order valence-electron chi connectivity index (χ0n) is 10.8. The fourth-order valence-electron chi connectivity index (χ4n) is 1.95. The van der Waals surface area contributed by atoms with Crippen LogP contribution in [0.2, 0.25) is 0 Å². The summed E-state index contributed by atoms with van der Waals surface area (Å²) >= 11 is 0. The SMILES string of the molecule is COC(=O)C(NC(=O)C1CCCCN1)C(C)C. The van der Waals surface area contributed by atoms with Crippen LogP contribution in [0.4, 0.5) is 0 Å². The minimum Gasteiger partial charge on any atom is -0.467 e. The van der Waals surface area contributed by atoms with Crippen LogP contribution in [-0.4, -0.2) is 37.6 Å². The van der Waals surface area contributed by atoms with Crippen molar-refractivity contribution in [3.8, 4) is 0 Å². The van der Waals surface area contributed by atoms with E-state index in [1.165, 1.54) is 7.11 Å². The number of hydrogen-bond donors (Lipinski definition) is 2. The molecule has 2 unspecified atom stereocenters. The van der Waals surface area contributed by atoms with Crippen LogP contribution in [0.3, 0.4) is 0 Å². The van der Waals surface area contributed by atoms with Crippen LogP contribution in [0.25, 0.3) is 0 Å². The molecule has 1 amide bonds. The average Bonchev–Trinajstić information content (AvgIpc) is 2.35. The van der Waals surface area contributed by atoms with E-state index in [-0.39, 0.29) is 23.8 Å². The number of ether oxygens (including phenoxy) is 1. The Balaban J connectivity index is 2.54. The topological polar surface area (TPSA) is 67.4 Å². The third-order valence-electron chi connectivity index (χ3n) is 3.05. The van der Waals surface area contributed by atoms with Crippen LogP contribution < -0.4 is 10.6 Å². The van der Waals surface area contributed by atoms with Crippen molar-refractivity contribution >= 4 is 11.9 Å². The molecule has 1 saturated heterocycles. The lowest BCUT2D eigenvalue weighted by atomic mass is 10.0. The van der Waals surface area contributed by atoms with Crippen molar-refractivity contribution < 1.29 is 14.3 Å². The molecule has 0 spiro atoms. The normalized spacial score (nSPS) is 22.0. The Kier molecular flexibility index (Phi) is 5.41. The molecule has 1 heterocycles. The van der Waals surface area contributed by atoms with Crippen LogP contribution in [0.5, 0.6) is 0 Å². The molecular weight excluding hydrogens is 220 g/mol. The van der Waals surface area contributed by atoms with Gasteiger partial charge in [0.05, 0.1) is 13.2 Å². The summed E-state index contributed by atoms with van der Waals surface area (Å²) in [5.41, 5.74) is 0. The fraction of sp³-hybridized carbons (Fsp3) is 0.833. The van der Waals surface area contributed by atoms with Crippen molar-refractivity contribution in [1.82, 2.24) is 10.6 Å². The number of piperidine rings is 1. The van der Waals surface area contributed by atoms with Crippen LogP contribution in [-0.2, 0) is 14.3 Å². The summed E-state index contributed by atoms with van der Waals surface area (Å²) in [7, 11) is 1.34. The van der Waals surface area contributed by atoms with Gasteiger partial charge in [-0.2, -0.15) is 0 Å². The highest BCUT2D eigenvalue weighted by Gasteiger charge is 2.28. The molecule has 1 rings (SSSR count). The second-order valence-electron chi connectivity index (χ2n) is 4.76. The maximum atomic E-state index is 12.0. The number of hydrogen-bond acceptors (Lipinski definition) is 4. The molecule has 0 aromatic carbocycles. The van der Waals surface area contributed by atoms with E-state index in [0.29, 0.717) is 0 Å². The predicted molar refractivity (Wildman–Crippen MR) is 64.4 cm³/mol. The summed E-state index contributed by atoms with van der Waals surface area (Å²) in [5, 5.41) is 5.92. The van der Waals surface area contributed by atoms with Crippen LogP contribution in [0.15, 0.2) is 0 Å². The second-order valence-corrected chi connectivity index (χ2v) is 4.76. The number of carbonyl (C=O) groups excluding carboxylic acids is 2. The van der Waals surface area contributed by atoms with Gasteiger partial charge in [0, 0.05) is 0 Å².